The van der Waals surface area contributed by atoms with Gasteiger partial charge < -0.3 is 9.88 Å². The third kappa shape index (κ3) is 3.02. The summed E-state index contributed by atoms with van der Waals surface area (Å²) >= 11 is 0. The zero-order valence-corrected chi connectivity index (χ0v) is 16.3. The molecule has 0 spiro atoms. The number of hydrogen-bond acceptors (Lipinski definition) is 5. The van der Waals surface area contributed by atoms with Gasteiger partial charge >= 0.3 is 0 Å². The smallest absolute Gasteiger partial charge is 0.141 e. The van der Waals surface area contributed by atoms with E-state index in [2.05, 4.69) is 50.1 Å². The van der Waals surface area contributed by atoms with Crippen molar-refractivity contribution >= 4 is 16.6 Å². The van der Waals surface area contributed by atoms with E-state index in [-0.39, 0.29) is 0 Å². The van der Waals surface area contributed by atoms with E-state index in [9.17, 15) is 0 Å². The van der Waals surface area contributed by atoms with E-state index >= 15 is 0 Å². The molecule has 7 nitrogen and oxygen atoms in total. The highest BCUT2D eigenvalue weighted by Gasteiger charge is 2.33. The maximum Gasteiger partial charge on any atom is 0.141 e. The maximum atomic E-state index is 4.54. The van der Waals surface area contributed by atoms with Crippen LogP contribution in [0.1, 0.15) is 44.2 Å². The molecule has 3 aromatic rings. The van der Waals surface area contributed by atoms with Crippen molar-refractivity contribution in [3.05, 3.63) is 24.3 Å². The Kier molecular flexibility index (Phi) is 4.36. The third-order valence-corrected chi connectivity index (χ3v) is 6.81. The van der Waals surface area contributed by atoms with Crippen molar-refractivity contribution in [2.24, 2.45) is 5.92 Å². The number of fused-ring (bicyclic) bond motifs is 3. The van der Waals surface area contributed by atoms with E-state index < -0.39 is 0 Å². The van der Waals surface area contributed by atoms with Gasteiger partial charge in [-0.3, -0.25) is 4.90 Å². The third-order valence-electron chi connectivity index (χ3n) is 6.81. The van der Waals surface area contributed by atoms with Crippen LogP contribution in [0, 0.1) is 5.92 Å². The van der Waals surface area contributed by atoms with Crippen LogP contribution in [0.15, 0.2) is 18.6 Å². The van der Waals surface area contributed by atoms with Crippen molar-refractivity contribution in [2.75, 3.05) is 33.2 Å². The Morgan fingerprint density at radius 1 is 1.22 bits per heavy atom. The summed E-state index contributed by atoms with van der Waals surface area (Å²) in [6, 6.07) is 2.86. The van der Waals surface area contributed by atoms with Crippen LogP contribution >= 0.6 is 0 Å². The summed E-state index contributed by atoms with van der Waals surface area (Å²) in [5, 5.41) is 10.00. The second-order valence-electron chi connectivity index (χ2n) is 8.42. The fourth-order valence-electron chi connectivity index (χ4n) is 4.91. The van der Waals surface area contributed by atoms with Crippen LogP contribution < -0.4 is 0 Å². The summed E-state index contributed by atoms with van der Waals surface area (Å²) in [5.41, 5.74) is 3.22. The van der Waals surface area contributed by atoms with Crippen LogP contribution in [0.25, 0.3) is 16.6 Å². The Hall–Kier alpha value is -1.99. The van der Waals surface area contributed by atoms with Gasteiger partial charge in [-0.25, -0.2) is 9.50 Å². The Morgan fingerprint density at radius 3 is 2.81 bits per heavy atom. The summed E-state index contributed by atoms with van der Waals surface area (Å²) < 4.78 is 1.84. The standard InChI is InChI=1S/C20H29N7/c1-3-25(2)16-11-26(12-16)10-14-4-6-15(7-5-14)18-19-17-8-9-21-20(17)22-13-27(19)24-23-18/h8-9,13-16,21H,3-7,10-12H2,1-2H3. The molecule has 1 saturated carbocycles. The van der Waals surface area contributed by atoms with Crippen LogP contribution in [-0.4, -0.2) is 73.9 Å². The summed E-state index contributed by atoms with van der Waals surface area (Å²) in [4.78, 5) is 12.7. The average molecular weight is 368 g/mol. The van der Waals surface area contributed by atoms with E-state index in [1.807, 2.05) is 10.7 Å². The number of likely N-dealkylation sites (tertiary alicyclic amines) is 1. The molecule has 1 N–H and O–H groups in total. The highest BCUT2D eigenvalue weighted by molar-refractivity contribution is 5.92. The summed E-state index contributed by atoms with van der Waals surface area (Å²) in [6.45, 7) is 7.17. The van der Waals surface area contributed by atoms with Crippen molar-refractivity contribution in [1.29, 1.82) is 0 Å². The lowest BCUT2D eigenvalue weighted by Crippen LogP contribution is -2.59. The Balaban J connectivity index is 1.23. The van der Waals surface area contributed by atoms with Crippen molar-refractivity contribution in [3.63, 3.8) is 0 Å². The largest absolute Gasteiger partial charge is 0.346 e. The molecule has 3 aromatic heterocycles. The van der Waals surface area contributed by atoms with E-state index in [4.69, 9.17) is 0 Å². The van der Waals surface area contributed by atoms with Gasteiger partial charge in [0.25, 0.3) is 0 Å². The van der Waals surface area contributed by atoms with E-state index in [0.717, 1.165) is 40.7 Å². The molecule has 0 bridgehead atoms. The molecular weight excluding hydrogens is 338 g/mol. The summed E-state index contributed by atoms with van der Waals surface area (Å²) in [7, 11) is 2.24. The number of nitrogens with zero attached hydrogens (tertiary/aromatic N) is 6. The number of H-pyrrole nitrogens is 1. The van der Waals surface area contributed by atoms with Gasteiger partial charge in [0.05, 0.1) is 5.69 Å². The van der Waals surface area contributed by atoms with Crippen molar-refractivity contribution in [1.82, 2.24) is 34.6 Å². The van der Waals surface area contributed by atoms with E-state index in [1.165, 1.54) is 45.3 Å². The van der Waals surface area contributed by atoms with Crippen LogP contribution in [0.5, 0.6) is 0 Å². The molecule has 0 amide bonds. The van der Waals surface area contributed by atoms with Gasteiger partial charge in [-0.2, -0.15) is 0 Å². The fraction of sp³-hybridized carbons (Fsp3) is 0.650. The number of aromatic amines is 1. The second kappa shape index (κ2) is 6.87. The predicted octanol–water partition coefficient (Wildman–Crippen LogP) is 2.52. The molecule has 1 saturated heterocycles. The van der Waals surface area contributed by atoms with Gasteiger partial charge in [-0.15, -0.1) is 5.10 Å². The fourth-order valence-corrected chi connectivity index (χ4v) is 4.91. The normalized spacial score (nSPS) is 24.9. The highest BCUT2D eigenvalue weighted by atomic mass is 15.4. The Bertz CT molecular complexity index is 915. The van der Waals surface area contributed by atoms with Gasteiger partial charge in [0, 0.05) is 43.2 Å². The molecule has 4 heterocycles. The zero-order valence-electron chi connectivity index (χ0n) is 16.3. The molecule has 144 valence electrons. The first kappa shape index (κ1) is 17.1. The number of aromatic nitrogens is 5. The van der Waals surface area contributed by atoms with Gasteiger partial charge in [-0.1, -0.05) is 12.1 Å². The molecule has 7 heteroatoms. The minimum atomic E-state index is 0.523. The van der Waals surface area contributed by atoms with Gasteiger partial charge in [0.2, 0.25) is 0 Å². The molecule has 1 aliphatic carbocycles. The lowest BCUT2D eigenvalue weighted by molar-refractivity contribution is 0.0347. The van der Waals surface area contributed by atoms with Gasteiger partial charge in [0.15, 0.2) is 0 Å². The Labute approximate surface area is 159 Å². The number of rotatable bonds is 5. The minimum Gasteiger partial charge on any atom is -0.346 e. The molecule has 1 aliphatic heterocycles. The van der Waals surface area contributed by atoms with Crippen LogP contribution in [-0.2, 0) is 0 Å². The molecule has 2 fully saturated rings. The topological polar surface area (TPSA) is 65.3 Å². The molecule has 0 radical (unpaired) electrons. The van der Waals surface area contributed by atoms with Gasteiger partial charge in [-0.05, 0) is 51.3 Å². The molecule has 2 aliphatic rings. The Morgan fingerprint density at radius 2 is 2.04 bits per heavy atom. The first-order chi connectivity index (χ1) is 13.2. The van der Waals surface area contributed by atoms with Gasteiger partial charge in [0.1, 0.15) is 17.5 Å². The monoisotopic (exact) mass is 367 g/mol. The zero-order chi connectivity index (χ0) is 18.4. The predicted molar refractivity (Wildman–Crippen MR) is 106 cm³/mol. The summed E-state index contributed by atoms with van der Waals surface area (Å²) in [5.74, 6) is 1.36. The van der Waals surface area contributed by atoms with Crippen LogP contribution in [0.4, 0.5) is 0 Å². The first-order valence-corrected chi connectivity index (χ1v) is 10.3. The summed E-state index contributed by atoms with van der Waals surface area (Å²) in [6.07, 6.45) is 8.76. The first-order valence-electron chi connectivity index (χ1n) is 10.3. The number of nitrogens with one attached hydrogen (secondary N) is 1. The molecule has 0 aromatic carbocycles. The van der Waals surface area contributed by atoms with Crippen molar-refractivity contribution in [2.45, 2.75) is 44.6 Å². The quantitative estimate of drug-likeness (QED) is 0.751. The SMILES string of the molecule is CCN(C)C1CN(CC2CCC(c3nnn4cnc5[nH]ccc5c34)CC2)C1. The van der Waals surface area contributed by atoms with Crippen molar-refractivity contribution < 1.29 is 0 Å². The number of likely N-dealkylation sites (N-methyl/N-ethyl adjacent to an activating group) is 1. The van der Waals surface area contributed by atoms with Crippen LogP contribution in [0.2, 0.25) is 0 Å². The molecule has 0 unspecified atom stereocenters. The van der Waals surface area contributed by atoms with Crippen LogP contribution in [0.3, 0.4) is 0 Å². The molecule has 27 heavy (non-hydrogen) atoms. The molecular formula is C20H29N7. The maximum absolute atomic E-state index is 4.54. The highest BCUT2D eigenvalue weighted by Crippen LogP contribution is 2.38. The number of hydrogen-bond donors (Lipinski definition) is 1. The minimum absolute atomic E-state index is 0.523. The lowest BCUT2D eigenvalue weighted by Gasteiger charge is -2.45. The van der Waals surface area contributed by atoms with E-state index in [1.54, 1.807) is 6.33 Å². The molecule has 0 atom stereocenters. The van der Waals surface area contributed by atoms with Crippen molar-refractivity contribution in [3.8, 4) is 0 Å². The van der Waals surface area contributed by atoms with E-state index in [0.29, 0.717) is 5.92 Å². The second-order valence-corrected chi connectivity index (χ2v) is 8.42. The average Bonchev–Trinajstić information content (AvgIpc) is 3.30. The lowest BCUT2D eigenvalue weighted by atomic mass is 9.79. The molecule has 5 rings (SSSR count).